The van der Waals surface area contributed by atoms with Crippen LogP contribution in [0.2, 0.25) is 0 Å². The first-order chi connectivity index (χ1) is 13.1. The normalized spacial score (nSPS) is 22.3. The lowest BCUT2D eigenvalue weighted by Gasteiger charge is -2.41. The lowest BCUT2D eigenvalue weighted by molar-refractivity contribution is 0.0943. The summed E-state index contributed by atoms with van der Waals surface area (Å²) in [6.45, 7) is 7.50. The molecule has 146 valence electrons. The van der Waals surface area contributed by atoms with Gasteiger partial charge in [0.05, 0.1) is 18.6 Å². The van der Waals surface area contributed by atoms with E-state index in [1.807, 2.05) is 18.6 Å². The minimum atomic E-state index is 0.267. The smallest absolute Gasteiger partial charge is 0.231 e. The maximum atomic E-state index is 5.55. The molecule has 3 heterocycles. The summed E-state index contributed by atoms with van der Waals surface area (Å²) in [5.41, 5.74) is 2.86. The number of hydrogen-bond donors (Lipinski definition) is 0. The lowest BCUT2D eigenvalue weighted by Crippen LogP contribution is -2.42. The van der Waals surface area contributed by atoms with Crippen LogP contribution in [-0.4, -0.2) is 48.1 Å². The van der Waals surface area contributed by atoms with Gasteiger partial charge in [-0.15, -0.1) is 0 Å². The highest BCUT2D eigenvalue weighted by atomic mass is 16.7. The quantitative estimate of drug-likeness (QED) is 0.748. The van der Waals surface area contributed by atoms with Crippen LogP contribution in [-0.2, 0) is 24.2 Å². The number of ether oxygens (including phenoxy) is 3. The Morgan fingerprint density at radius 1 is 1.26 bits per heavy atom. The number of piperidine rings is 1. The van der Waals surface area contributed by atoms with Crippen molar-refractivity contribution in [3.05, 3.63) is 42.0 Å². The molecule has 27 heavy (non-hydrogen) atoms. The largest absolute Gasteiger partial charge is 0.454 e. The monoisotopic (exact) mass is 371 g/mol. The van der Waals surface area contributed by atoms with Crippen molar-refractivity contribution < 1.29 is 14.2 Å². The van der Waals surface area contributed by atoms with E-state index in [0.29, 0.717) is 13.4 Å². The molecule has 0 unspecified atom stereocenters. The highest BCUT2D eigenvalue weighted by Crippen LogP contribution is 2.37. The molecule has 0 aliphatic carbocycles. The van der Waals surface area contributed by atoms with E-state index < -0.39 is 0 Å². The molecule has 0 saturated carbocycles. The first kappa shape index (κ1) is 18.3. The average Bonchev–Trinajstić information content (AvgIpc) is 3.28. The molecule has 6 heteroatoms. The highest BCUT2D eigenvalue weighted by Gasteiger charge is 2.32. The van der Waals surface area contributed by atoms with Gasteiger partial charge in [-0.05, 0) is 48.9 Å². The van der Waals surface area contributed by atoms with Crippen molar-refractivity contribution in [1.29, 1.82) is 0 Å². The molecule has 1 fully saturated rings. The summed E-state index contributed by atoms with van der Waals surface area (Å²) in [5, 5.41) is 0. The van der Waals surface area contributed by atoms with Crippen molar-refractivity contribution in [1.82, 2.24) is 14.5 Å². The van der Waals surface area contributed by atoms with Gasteiger partial charge in [0.2, 0.25) is 6.79 Å². The first-order valence-corrected chi connectivity index (χ1v) is 9.74. The van der Waals surface area contributed by atoms with Crippen LogP contribution >= 0.6 is 0 Å². The van der Waals surface area contributed by atoms with Gasteiger partial charge in [0.1, 0.15) is 0 Å². The van der Waals surface area contributed by atoms with Crippen LogP contribution in [0.5, 0.6) is 11.5 Å². The van der Waals surface area contributed by atoms with Crippen LogP contribution in [0.4, 0.5) is 0 Å². The zero-order chi connectivity index (χ0) is 18.7. The van der Waals surface area contributed by atoms with E-state index in [2.05, 4.69) is 33.5 Å². The van der Waals surface area contributed by atoms with E-state index in [0.717, 1.165) is 44.1 Å². The van der Waals surface area contributed by atoms with E-state index in [1.54, 1.807) is 7.11 Å². The van der Waals surface area contributed by atoms with Crippen molar-refractivity contribution in [2.75, 3.05) is 33.6 Å². The Morgan fingerprint density at radius 3 is 3.04 bits per heavy atom. The van der Waals surface area contributed by atoms with Crippen molar-refractivity contribution >= 4 is 0 Å². The van der Waals surface area contributed by atoms with Gasteiger partial charge in [-0.1, -0.05) is 13.0 Å². The molecule has 0 spiro atoms. The van der Waals surface area contributed by atoms with Gasteiger partial charge in [-0.25, -0.2) is 4.98 Å². The third kappa shape index (κ3) is 4.28. The van der Waals surface area contributed by atoms with Crippen LogP contribution < -0.4 is 9.47 Å². The second kappa shape index (κ2) is 7.90. The molecule has 1 aromatic heterocycles. The summed E-state index contributed by atoms with van der Waals surface area (Å²) < 4.78 is 18.4. The Balaban J connectivity index is 1.40. The molecule has 0 bridgehead atoms. The van der Waals surface area contributed by atoms with Gasteiger partial charge in [-0.3, -0.25) is 4.90 Å². The molecular weight excluding hydrogens is 342 g/mol. The van der Waals surface area contributed by atoms with Crippen LogP contribution in [0.25, 0.3) is 0 Å². The Bertz CT molecular complexity index is 776. The number of imidazole rings is 1. The number of rotatable bonds is 7. The fourth-order valence-electron chi connectivity index (χ4n) is 4.35. The topological polar surface area (TPSA) is 48.8 Å². The summed E-state index contributed by atoms with van der Waals surface area (Å²) in [6.07, 6.45) is 7.43. The second-order valence-electron chi connectivity index (χ2n) is 8.06. The summed E-state index contributed by atoms with van der Waals surface area (Å²) in [4.78, 5) is 6.90. The lowest BCUT2D eigenvalue weighted by atomic mass is 9.77. The minimum Gasteiger partial charge on any atom is -0.454 e. The summed E-state index contributed by atoms with van der Waals surface area (Å²) in [6, 6.07) is 6.36. The molecule has 2 aromatic rings. The summed E-state index contributed by atoms with van der Waals surface area (Å²) >= 11 is 0. The molecule has 0 amide bonds. The molecule has 2 aliphatic heterocycles. The van der Waals surface area contributed by atoms with E-state index >= 15 is 0 Å². The number of likely N-dealkylation sites (tertiary alicyclic amines) is 1. The fraction of sp³-hybridized carbons (Fsp3) is 0.571. The number of benzene rings is 1. The number of aromatic nitrogens is 2. The van der Waals surface area contributed by atoms with Crippen LogP contribution in [0.1, 0.15) is 31.0 Å². The van der Waals surface area contributed by atoms with Crippen LogP contribution in [0.3, 0.4) is 0 Å². The average molecular weight is 371 g/mol. The zero-order valence-corrected chi connectivity index (χ0v) is 16.3. The van der Waals surface area contributed by atoms with Gasteiger partial charge >= 0.3 is 0 Å². The molecule has 1 atom stereocenters. The number of hydrogen-bond acceptors (Lipinski definition) is 5. The molecule has 0 N–H and O–H groups in total. The summed E-state index contributed by atoms with van der Waals surface area (Å²) in [7, 11) is 1.74. The molecule has 1 aromatic carbocycles. The third-order valence-corrected chi connectivity index (χ3v) is 5.65. The van der Waals surface area contributed by atoms with Crippen molar-refractivity contribution in [3.8, 4) is 11.5 Å². The van der Waals surface area contributed by atoms with Crippen molar-refractivity contribution in [2.45, 2.75) is 39.3 Å². The standard InChI is InChI=1S/C21H29N3O3/c1-21(11-17-4-5-19-20(10-17)27-16-26-19)6-3-7-23(14-21)13-18-12-22-15-24(18)8-9-25-2/h4-5,10,12,15H,3,6-9,11,13-14,16H2,1-2H3/t21-/m0/s1. The van der Waals surface area contributed by atoms with Crippen molar-refractivity contribution in [2.24, 2.45) is 5.41 Å². The van der Waals surface area contributed by atoms with Crippen molar-refractivity contribution in [3.63, 3.8) is 0 Å². The van der Waals surface area contributed by atoms with Crippen LogP contribution in [0, 0.1) is 5.41 Å². The second-order valence-corrected chi connectivity index (χ2v) is 8.06. The van der Waals surface area contributed by atoms with Gasteiger partial charge in [0.15, 0.2) is 11.5 Å². The SMILES string of the molecule is COCCn1cncc1CN1CCC[C@@](C)(Cc2ccc3c(c2)OCO3)C1. The molecule has 6 nitrogen and oxygen atoms in total. The van der Waals surface area contributed by atoms with E-state index in [4.69, 9.17) is 14.2 Å². The zero-order valence-electron chi connectivity index (χ0n) is 16.3. The molecule has 1 saturated heterocycles. The predicted octanol–water partition coefficient (Wildman–Crippen LogP) is 3.10. The van der Waals surface area contributed by atoms with Crippen LogP contribution in [0.15, 0.2) is 30.7 Å². The Hall–Kier alpha value is -2.05. The van der Waals surface area contributed by atoms with Gasteiger partial charge in [-0.2, -0.15) is 0 Å². The Morgan fingerprint density at radius 2 is 2.15 bits per heavy atom. The number of methoxy groups -OCH3 is 1. The molecule has 2 aliphatic rings. The predicted molar refractivity (Wildman–Crippen MR) is 103 cm³/mol. The minimum absolute atomic E-state index is 0.267. The van der Waals surface area contributed by atoms with E-state index in [-0.39, 0.29) is 5.41 Å². The molecule has 4 rings (SSSR count). The van der Waals surface area contributed by atoms with Gasteiger partial charge in [0.25, 0.3) is 0 Å². The number of nitrogens with zero attached hydrogens (tertiary/aromatic N) is 3. The maximum absolute atomic E-state index is 5.55. The highest BCUT2D eigenvalue weighted by molar-refractivity contribution is 5.44. The van der Waals surface area contributed by atoms with E-state index in [9.17, 15) is 0 Å². The van der Waals surface area contributed by atoms with Gasteiger partial charge < -0.3 is 18.8 Å². The van der Waals surface area contributed by atoms with Gasteiger partial charge in [0, 0.05) is 32.9 Å². The third-order valence-electron chi connectivity index (χ3n) is 5.65. The first-order valence-electron chi connectivity index (χ1n) is 9.74. The fourth-order valence-corrected chi connectivity index (χ4v) is 4.35. The Kier molecular flexibility index (Phi) is 5.36. The molecule has 0 radical (unpaired) electrons. The molecular formula is C21H29N3O3. The van der Waals surface area contributed by atoms with E-state index in [1.165, 1.54) is 24.1 Å². The summed E-state index contributed by atoms with van der Waals surface area (Å²) in [5.74, 6) is 1.74. The Labute approximate surface area is 161 Å². The maximum Gasteiger partial charge on any atom is 0.231 e. The number of fused-ring (bicyclic) bond motifs is 1.